The zero-order valence-electron chi connectivity index (χ0n) is 11.6. The van der Waals surface area contributed by atoms with Crippen LogP contribution in [0.5, 0.6) is 5.75 Å². The van der Waals surface area contributed by atoms with E-state index in [0.29, 0.717) is 23.6 Å². The number of hydrogen-bond acceptors (Lipinski definition) is 4. The van der Waals surface area contributed by atoms with Crippen LogP contribution in [0.1, 0.15) is 40.8 Å². The first kappa shape index (κ1) is 14.5. The minimum Gasteiger partial charge on any atom is -0.496 e. The number of aromatic nitrogens is 3. The van der Waals surface area contributed by atoms with Crippen LogP contribution in [0, 0.1) is 0 Å². The monoisotopic (exact) mass is 293 g/mol. The Hall–Kier alpha value is -1.88. The highest BCUT2D eigenvalue weighted by Gasteiger charge is 2.11. The van der Waals surface area contributed by atoms with E-state index in [1.54, 1.807) is 30.1 Å². The molecule has 1 aromatic carbocycles. The molecule has 0 radical (unpaired) electrons. The van der Waals surface area contributed by atoms with Crippen molar-refractivity contribution in [3.63, 3.8) is 0 Å². The van der Waals surface area contributed by atoms with Crippen molar-refractivity contribution in [2.24, 2.45) is 0 Å². The van der Waals surface area contributed by atoms with Crippen LogP contribution in [-0.2, 0) is 6.54 Å². The summed E-state index contributed by atoms with van der Waals surface area (Å²) in [5.74, 6) is 0.730. The van der Waals surface area contributed by atoms with Crippen LogP contribution in [0.4, 0.5) is 0 Å². The second-order valence-corrected chi connectivity index (χ2v) is 5.19. The van der Waals surface area contributed by atoms with Crippen LogP contribution in [0.25, 0.3) is 0 Å². The predicted octanol–water partition coefficient (Wildman–Crippen LogP) is 2.84. The number of Topliss-reactive ketones (excluding diaryl/α,β-unsaturated/α-hetero) is 1. The van der Waals surface area contributed by atoms with E-state index in [2.05, 4.69) is 10.3 Å². The fraction of sp³-hybridized carbons (Fsp3) is 0.357. The number of nitrogens with zero attached hydrogens (tertiary/aromatic N) is 3. The molecule has 0 aliphatic carbocycles. The van der Waals surface area contributed by atoms with Gasteiger partial charge in [0.15, 0.2) is 5.78 Å². The number of methoxy groups -OCH3 is 1. The fourth-order valence-electron chi connectivity index (χ4n) is 1.87. The van der Waals surface area contributed by atoms with Crippen molar-refractivity contribution in [2.75, 3.05) is 7.11 Å². The molecule has 2 aromatic rings. The number of halogens is 1. The highest BCUT2D eigenvalue weighted by molar-refractivity contribution is 6.20. The van der Waals surface area contributed by atoms with Crippen molar-refractivity contribution in [1.82, 2.24) is 15.0 Å². The molecule has 5 nitrogen and oxygen atoms in total. The molecular weight excluding hydrogens is 278 g/mol. The van der Waals surface area contributed by atoms with Gasteiger partial charge in [0.05, 0.1) is 25.2 Å². The quantitative estimate of drug-likeness (QED) is 0.628. The van der Waals surface area contributed by atoms with Gasteiger partial charge in [-0.25, -0.2) is 4.68 Å². The highest BCUT2D eigenvalue weighted by atomic mass is 35.5. The van der Waals surface area contributed by atoms with Gasteiger partial charge in [0, 0.05) is 11.1 Å². The van der Waals surface area contributed by atoms with Crippen molar-refractivity contribution in [1.29, 1.82) is 0 Å². The fourth-order valence-corrected chi connectivity index (χ4v) is 1.97. The van der Waals surface area contributed by atoms with E-state index in [9.17, 15) is 4.79 Å². The average molecular weight is 294 g/mol. The Morgan fingerprint density at radius 3 is 2.80 bits per heavy atom. The van der Waals surface area contributed by atoms with Crippen molar-refractivity contribution < 1.29 is 9.53 Å². The summed E-state index contributed by atoms with van der Waals surface area (Å²) in [5, 5.41) is 7.84. The summed E-state index contributed by atoms with van der Waals surface area (Å²) in [6.07, 6.45) is 1.79. The van der Waals surface area contributed by atoms with Gasteiger partial charge in [0.2, 0.25) is 0 Å². The number of hydrogen-bond donors (Lipinski definition) is 0. The smallest absolute Gasteiger partial charge is 0.159 e. The van der Waals surface area contributed by atoms with E-state index in [4.69, 9.17) is 16.3 Å². The topological polar surface area (TPSA) is 57.0 Å². The summed E-state index contributed by atoms with van der Waals surface area (Å²) < 4.78 is 6.98. The first-order valence-corrected chi connectivity index (χ1v) is 6.67. The molecule has 1 unspecified atom stereocenters. The zero-order chi connectivity index (χ0) is 14.7. The van der Waals surface area contributed by atoms with Gasteiger partial charge in [-0.15, -0.1) is 16.7 Å². The van der Waals surface area contributed by atoms with Gasteiger partial charge < -0.3 is 4.74 Å². The maximum atomic E-state index is 11.5. The Bertz CT molecular complexity index is 623. The van der Waals surface area contributed by atoms with Crippen LogP contribution < -0.4 is 4.74 Å². The third-order valence-corrected chi connectivity index (χ3v) is 3.21. The normalized spacial score (nSPS) is 12.2. The minimum atomic E-state index is -0.186. The number of benzene rings is 1. The number of alkyl halides is 1. The largest absolute Gasteiger partial charge is 0.496 e. The molecule has 2 rings (SSSR count). The first-order valence-electron chi connectivity index (χ1n) is 6.23. The van der Waals surface area contributed by atoms with E-state index in [1.807, 2.05) is 13.0 Å². The lowest BCUT2D eigenvalue weighted by Gasteiger charge is -2.09. The molecular formula is C14H16ClN3O2. The van der Waals surface area contributed by atoms with E-state index in [-0.39, 0.29) is 11.2 Å². The van der Waals surface area contributed by atoms with Gasteiger partial charge in [-0.1, -0.05) is 5.21 Å². The molecule has 1 heterocycles. The number of carbonyl (C=O) groups is 1. The molecule has 0 spiro atoms. The molecule has 1 aromatic heterocycles. The third-order valence-electron chi connectivity index (χ3n) is 2.98. The summed E-state index contributed by atoms with van der Waals surface area (Å²) in [6, 6.07) is 5.35. The number of ether oxygens (including phenoxy) is 1. The Morgan fingerprint density at radius 2 is 2.25 bits per heavy atom. The summed E-state index contributed by atoms with van der Waals surface area (Å²) in [5.41, 5.74) is 2.24. The molecule has 0 fully saturated rings. The number of rotatable bonds is 5. The van der Waals surface area contributed by atoms with Crippen LogP contribution in [-0.4, -0.2) is 27.9 Å². The molecule has 0 aliphatic heterocycles. The molecule has 0 N–H and O–H groups in total. The maximum absolute atomic E-state index is 11.5. The maximum Gasteiger partial charge on any atom is 0.159 e. The van der Waals surface area contributed by atoms with Crippen LogP contribution in [0.3, 0.4) is 0 Å². The zero-order valence-corrected chi connectivity index (χ0v) is 12.4. The van der Waals surface area contributed by atoms with Crippen molar-refractivity contribution >= 4 is 17.4 Å². The summed E-state index contributed by atoms with van der Waals surface area (Å²) in [6.45, 7) is 3.85. The predicted molar refractivity (Wildman–Crippen MR) is 76.4 cm³/mol. The number of ketones is 1. The molecule has 0 amide bonds. The van der Waals surface area contributed by atoms with Crippen molar-refractivity contribution in [2.45, 2.75) is 25.8 Å². The highest BCUT2D eigenvalue weighted by Crippen LogP contribution is 2.22. The summed E-state index contributed by atoms with van der Waals surface area (Å²) in [7, 11) is 1.60. The Balaban J connectivity index is 2.30. The van der Waals surface area contributed by atoms with Crippen molar-refractivity contribution in [3.8, 4) is 5.75 Å². The number of carbonyl (C=O) groups excluding carboxylic acids is 1. The minimum absolute atomic E-state index is 0.0163. The summed E-state index contributed by atoms with van der Waals surface area (Å²) in [4.78, 5) is 11.5. The van der Waals surface area contributed by atoms with Gasteiger partial charge in [0.1, 0.15) is 11.4 Å². The van der Waals surface area contributed by atoms with E-state index < -0.39 is 0 Å². The lowest BCUT2D eigenvalue weighted by molar-refractivity contribution is 0.101. The molecule has 106 valence electrons. The van der Waals surface area contributed by atoms with E-state index in [0.717, 1.165) is 5.56 Å². The van der Waals surface area contributed by atoms with Crippen LogP contribution in [0.15, 0.2) is 24.4 Å². The van der Waals surface area contributed by atoms with Crippen molar-refractivity contribution in [3.05, 3.63) is 41.2 Å². The molecule has 0 aliphatic rings. The molecule has 6 heteroatoms. The van der Waals surface area contributed by atoms with Gasteiger partial charge in [-0.2, -0.15) is 0 Å². The van der Waals surface area contributed by atoms with Crippen LogP contribution >= 0.6 is 11.6 Å². The standard InChI is InChI=1S/C14H16ClN3O2/c1-9(15)13-8-18(17-16-13)7-12-6-11(10(2)19)4-5-14(12)20-3/h4-6,8-9H,7H2,1-3H3. The molecule has 0 bridgehead atoms. The second kappa shape index (κ2) is 6.05. The van der Waals surface area contributed by atoms with Gasteiger partial charge in [0.25, 0.3) is 0 Å². The lowest BCUT2D eigenvalue weighted by atomic mass is 10.1. The summed E-state index contributed by atoms with van der Waals surface area (Å²) >= 11 is 5.96. The third kappa shape index (κ3) is 3.17. The SMILES string of the molecule is COc1ccc(C(C)=O)cc1Cn1cc(C(C)Cl)nn1. The molecule has 0 saturated carbocycles. The Labute approximate surface area is 122 Å². The lowest BCUT2D eigenvalue weighted by Crippen LogP contribution is -2.04. The average Bonchev–Trinajstić information content (AvgIpc) is 2.87. The molecule has 1 atom stereocenters. The van der Waals surface area contributed by atoms with Gasteiger partial charge in [-0.05, 0) is 32.0 Å². The van der Waals surface area contributed by atoms with E-state index >= 15 is 0 Å². The molecule has 20 heavy (non-hydrogen) atoms. The van der Waals surface area contributed by atoms with Gasteiger partial charge in [-0.3, -0.25) is 4.79 Å². The first-order chi connectivity index (χ1) is 9.51. The second-order valence-electron chi connectivity index (χ2n) is 4.54. The van der Waals surface area contributed by atoms with Gasteiger partial charge >= 0.3 is 0 Å². The van der Waals surface area contributed by atoms with E-state index in [1.165, 1.54) is 6.92 Å². The van der Waals surface area contributed by atoms with Crippen LogP contribution in [0.2, 0.25) is 0 Å². The molecule has 0 saturated heterocycles. The Morgan fingerprint density at radius 1 is 1.50 bits per heavy atom. The Kier molecular flexibility index (Phi) is 4.39.